The van der Waals surface area contributed by atoms with Gasteiger partial charge in [0.1, 0.15) is 42.0 Å². The van der Waals surface area contributed by atoms with Crippen molar-refractivity contribution < 1.29 is 63.0 Å². The van der Waals surface area contributed by atoms with Crippen LogP contribution in [0.4, 0.5) is 0 Å². The highest BCUT2D eigenvalue weighted by molar-refractivity contribution is 5.99. The first kappa shape index (κ1) is 73.9. The highest BCUT2D eigenvalue weighted by atomic mass is 16.3. The summed E-state index contributed by atoms with van der Waals surface area (Å²) in [4.78, 5) is 155. The Labute approximate surface area is 495 Å². The zero-order chi connectivity index (χ0) is 63.1. The molecule has 0 spiro atoms. The molecule has 25 heteroatoms. The van der Waals surface area contributed by atoms with Crippen LogP contribution in [0.5, 0.6) is 0 Å². The van der Waals surface area contributed by atoms with E-state index < -0.39 is 157 Å². The van der Waals surface area contributed by atoms with Crippen LogP contribution in [0.3, 0.4) is 0 Å². The molecule has 0 aliphatic carbocycles. The second kappa shape index (κ2) is 39.4. The SMILES string of the molecule is CCC[C@@H]1NC(=O)[C@H](CC(C)C)NC(=O)[C@@H](Cc2ccccc2)CC(=O)[C@@H](CCN)NC(=O)[C@@H](NC(=O)[C@H](CCN)CC(=O)[C@@H](NC(=O)[C@H](CCN)CC(=O)CCCCC(C)C)[C@@H](C)O)CCNC(=O)[C@H]([C@@H](C)O)NC(=O)[C@H](CCN)NC1=O. The van der Waals surface area contributed by atoms with Gasteiger partial charge in [0.25, 0.3) is 0 Å². The Morgan fingerprint density at radius 2 is 1.18 bits per heavy atom. The molecular weight excluding hydrogens is 1080 g/mol. The van der Waals surface area contributed by atoms with Crippen molar-refractivity contribution in [2.75, 3.05) is 32.7 Å². The first-order valence-corrected chi connectivity index (χ1v) is 30.0. The highest BCUT2D eigenvalue weighted by Crippen LogP contribution is 2.20. The number of aliphatic hydroxyl groups is 2. The third kappa shape index (κ3) is 26.8. The van der Waals surface area contributed by atoms with E-state index in [9.17, 15) is 63.0 Å². The fraction of sp³-hybridized carbons (Fsp3) is 0.712. The number of nitrogens with one attached hydrogen (secondary N) is 8. The second-order valence-electron chi connectivity index (χ2n) is 23.1. The van der Waals surface area contributed by atoms with Crippen LogP contribution in [0, 0.1) is 29.6 Å². The lowest BCUT2D eigenvalue weighted by molar-refractivity contribution is -0.137. The minimum atomic E-state index is -1.65. The Morgan fingerprint density at radius 3 is 1.74 bits per heavy atom. The second-order valence-corrected chi connectivity index (χ2v) is 23.1. The maximum absolute atomic E-state index is 14.6. The van der Waals surface area contributed by atoms with Gasteiger partial charge in [-0.15, -0.1) is 0 Å². The van der Waals surface area contributed by atoms with E-state index >= 15 is 0 Å². The van der Waals surface area contributed by atoms with Crippen molar-refractivity contribution in [3.05, 3.63) is 35.9 Å². The van der Waals surface area contributed by atoms with Gasteiger partial charge in [-0.25, -0.2) is 0 Å². The molecule has 1 aliphatic rings. The Balaban J connectivity index is 2.69. The number of amides is 8. The molecule has 0 bridgehead atoms. The fourth-order valence-corrected chi connectivity index (χ4v) is 9.91. The summed E-state index contributed by atoms with van der Waals surface area (Å²) in [5.74, 6) is -11.1. The van der Waals surface area contributed by atoms with Crippen molar-refractivity contribution in [3.8, 4) is 0 Å². The van der Waals surface area contributed by atoms with Crippen LogP contribution in [0.2, 0.25) is 0 Å². The predicted octanol–water partition coefficient (Wildman–Crippen LogP) is -0.912. The number of aliphatic hydroxyl groups excluding tert-OH is 2. The van der Waals surface area contributed by atoms with Gasteiger partial charge in [-0.2, -0.15) is 0 Å². The number of carbonyl (C=O) groups excluding carboxylic acids is 11. The van der Waals surface area contributed by atoms with Crippen molar-refractivity contribution in [3.63, 3.8) is 0 Å². The monoisotopic (exact) mass is 1180 g/mol. The standard InChI is InChI=1S/C59H100N12O13/c1-8-14-44-55(80)68-45(22-27-63)57(82)71-51(37(7)73)59(84)64-28-23-46(56(81)65-43(21-26-62)48(75)33-41(30-38-16-10-9-11-17-38)54(79)69-47(29-35(4)5)58(83)67-44)66-52(77)40(20-25-61)32-49(76)50(36(6)72)70-53(78)39(19-24-60)31-42(74)18-13-12-15-34(2)3/h9-11,16-17,34-37,39-41,43-47,50-51,72-73H,8,12-15,18-33,60-63H2,1-7H3,(H,64,84)(H,65,81)(H,66,77)(H,67,83)(H,68,80)(H,69,79)(H,70,78)(H,71,82)/t36-,37-,39-,40-,41+,43-,44+,45+,46+,47+,50+,51+/m1/s1. The van der Waals surface area contributed by atoms with E-state index in [1.54, 1.807) is 37.3 Å². The van der Waals surface area contributed by atoms with Gasteiger partial charge < -0.3 is 75.7 Å². The van der Waals surface area contributed by atoms with Crippen LogP contribution >= 0.6 is 0 Å². The van der Waals surface area contributed by atoms with E-state index in [-0.39, 0.29) is 95.7 Å². The number of benzene rings is 1. The van der Waals surface area contributed by atoms with Crippen LogP contribution in [-0.4, -0.2) is 162 Å². The van der Waals surface area contributed by atoms with Gasteiger partial charge in [-0.1, -0.05) is 84.2 Å². The van der Waals surface area contributed by atoms with E-state index in [2.05, 4.69) is 56.4 Å². The van der Waals surface area contributed by atoms with Gasteiger partial charge in [0, 0.05) is 50.0 Å². The van der Waals surface area contributed by atoms with Gasteiger partial charge in [0.15, 0.2) is 11.6 Å². The molecule has 0 aromatic heterocycles. The third-order valence-corrected chi connectivity index (χ3v) is 14.7. The largest absolute Gasteiger partial charge is 0.391 e. The molecule has 474 valence electrons. The summed E-state index contributed by atoms with van der Waals surface area (Å²) in [6.45, 7) is 11.4. The number of hydrogen-bond acceptors (Lipinski definition) is 17. The molecule has 25 nitrogen and oxygen atoms in total. The predicted molar refractivity (Wildman–Crippen MR) is 316 cm³/mol. The van der Waals surface area contributed by atoms with E-state index in [1.807, 2.05) is 13.8 Å². The van der Waals surface area contributed by atoms with Gasteiger partial charge in [0.05, 0.1) is 18.2 Å². The van der Waals surface area contributed by atoms with Crippen LogP contribution < -0.4 is 65.5 Å². The topological polar surface area (TPSA) is 429 Å². The molecule has 8 amide bonds. The molecule has 1 fully saturated rings. The normalized spacial score (nSPS) is 22.9. The zero-order valence-electron chi connectivity index (χ0n) is 50.5. The molecule has 12 atom stereocenters. The minimum Gasteiger partial charge on any atom is -0.391 e. The fourth-order valence-electron chi connectivity index (χ4n) is 9.91. The van der Waals surface area contributed by atoms with Crippen molar-refractivity contribution >= 4 is 64.6 Å². The number of Topliss-reactive ketones (excluding diaryl/α,β-unsaturated/α-hetero) is 3. The molecule has 0 saturated carbocycles. The molecule has 0 unspecified atom stereocenters. The summed E-state index contributed by atoms with van der Waals surface area (Å²) in [5.41, 5.74) is 24.3. The molecule has 1 aromatic carbocycles. The lowest BCUT2D eigenvalue weighted by atomic mass is 9.89. The number of rotatable bonds is 30. The smallest absolute Gasteiger partial charge is 0.245 e. The van der Waals surface area contributed by atoms with E-state index in [0.29, 0.717) is 24.3 Å². The van der Waals surface area contributed by atoms with Crippen molar-refractivity contribution in [1.29, 1.82) is 0 Å². The van der Waals surface area contributed by atoms with E-state index in [0.717, 1.165) is 12.8 Å². The van der Waals surface area contributed by atoms with Crippen LogP contribution in [0.25, 0.3) is 0 Å². The average Bonchev–Trinajstić information content (AvgIpc) is 3.64. The van der Waals surface area contributed by atoms with Gasteiger partial charge in [-0.3, -0.25) is 52.7 Å². The molecule has 84 heavy (non-hydrogen) atoms. The van der Waals surface area contributed by atoms with Gasteiger partial charge in [-0.05, 0) is 115 Å². The Hall–Kier alpha value is -6.25. The highest BCUT2D eigenvalue weighted by Gasteiger charge is 2.38. The maximum atomic E-state index is 14.6. The molecule has 0 radical (unpaired) electrons. The summed E-state index contributed by atoms with van der Waals surface area (Å²) < 4.78 is 0. The first-order chi connectivity index (χ1) is 39.8. The van der Waals surface area contributed by atoms with Crippen molar-refractivity contribution in [2.24, 2.45) is 52.5 Å². The molecule has 1 aliphatic heterocycles. The molecule has 1 aromatic rings. The minimum absolute atomic E-state index is 0.0164. The van der Waals surface area contributed by atoms with Gasteiger partial charge >= 0.3 is 0 Å². The lowest BCUT2D eigenvalue weighted by Crippen LogP contribution is -2.60. The summed E-state index contributed by atoms with van der Waals surface area (Å²) >= 11 is 0. The van der Waals surface area contributed by atoms with Crippen LogP contribution in [0.1, 0.15) is 150 Å². The summed E-state index contributed by atoms with van der Waals surface area (Å²) in [6, 6.07) is -1.11. The van der Waals surface area contributed by atoms with Crippen LogP contribution in [0.15, 0.2) is 30.3 Å². The molecule has 1 heterocycles. The Morgan fingerprint density at radius 1 is 0.619 bits per heavy atom. The maximum Gasteiger partial charge on any atom is 0.245 e. The number of unbranched alkanes of at least 4 members (excludes halogenated alkanes) is 1. The molecule has 1 saturated heterocycles. The summed E-state index contributed by atoms with van der Waals surface area (Å²) in [7, 11) is 0. The average molecular weight is 1190 g/mol. The number of hydrogen-bond donors (Lipinski definition) is 14. The molecular formula is C59H100N12O13. The van der Waals surface area contributed by atoms with Gasteiger partial charge in [0.2, 0.25) is 47.3 Å². The quantitative estimate of drug-likeness (QED) is 0.0415. The summed E-state index contributed by atoms with van der Waals surface area (Å²) in [6.07, 6.45) is -1.53. The van der Waals surface area contributed by atoms with E-state index in [4.69, 9.17) is 22.9 Å². The van der Waals surface area contributed by atoms with Crippen LogP contribution in [-0.2, 0) is 59.2 Å². The van der Waals surface area contributed by atoms with Crippen molar-refractivity contribution in [2.45, 2.75) is 206 Å². The first-order valence-electron chi connectivity index (χ1n) is 30.0. The number of ketones is 3. The van der Waals surface area contributed by atoms with Crippen molar-refractivity contribution in [1.82, 2.24) is 42.5 Å². The summed E-state index contributed by atoms with van der Waals surface area (Å²) in [5, 5.41) is 42.6. The zero-order valence-corrected chi connectivity index (χ0v) is 50.5. The number of carbonyl (C=O) groups is 11. The Bertz CT molecular complexity index is 2290. The third-order valence-electron chi connectivity index (χ3n) is 14.7. The molecule has 2 rings (SSSR count). The lowest BCUT2D eigenvalue weighted by Gasteiger charge is -2.28. The van der Waals surface area contributed by atoms with E-state index in [1.165, 1.54) is 13.8 Å². The molecule has 18 N–H and O–H groups in total. The number of nitrogens with two attached hydrogens (primary N) is 4. The Kier molecular flexibility index (Phi) is 34.6.